The first kappa shape index (κ1) is 16.3. The second-order valence-electron chi connectivity index (χ2n) is 5.20. The van der Waals surface area contributed by atoms with Gasteiger partial charge in [0.2, 0.25) is 0 Å². The Hall–Kier alpha value is -1.04. The van der Waals surface area contributed by atoms with Crippen LogP contribution in [0.4, 0.5) is 0 Å². The fourth-order valence-electron chi connectivity index (χ4n) is 2.66. The van der Waals surface area contributed by atoms with E-state index in [1.165, 1.54) is 0 Å². The van der Waals surface area contributed by atoms with Gasteiger partial charge in [-0.3, -0.25) is 4.79 Å². The van der Waals surface area contributed by atoms with E-state index in [1.54, 1.807) is 7.11 Å². The predicted octanol–water partition coefficient (Wildman–Crippen LogP) is 1.78. The van der Waals surface area contributed by atoms with E-state index in [9.17, 15) is 4.79 Å². The van der Waals surface area contributed by atoms with Crippen LogP contribution in [-0.2, 0) is 11.2 Å². The van der Waals surface area contributed by atoms with E-state index in [-0.39, 0.29) is 5.91 Å². The van der Waals surface area contributed by atoms with Crippen LogP contribution in [0.15, 0.2) is 24.3 Å². The van der Waals surface area contributed by atoms with E-state index in [2.05, 4.69) is 0 Å². The number of thioether (sulfide) groups is 1. The third-order valence-corrected chi connectivity index (χ3v) is 4.95. The van der Waals surface area contributed by atoms with Crippen molar-refractivity contribution in [2.24, 2.45) is 5.73 Å². The van der Waals surface area contributed by atoms with Gasteiger partial charge in [0.15, 0.2) is 0 Å². The summed E-state index contributed by atoms with van der Waals surface area (Å²) in [4.78, 5) is 14.9. The quantitative estimate of drug-likeness (QED) is 0.834. The molecule has 1 aliphatic heterocycles. The summed E-state index contributed by atoms with van der Waals surface area (Å²) in [5.74, 6) is 2.27. The van der Waals surface area contributed by atoms with Crippen LogP contribution >= 0.6 is 11.8 Å². The second kappa shape index (κ2) is 8.41. The summed E-state index contributed by atoms with van der Waals surface area (Å²) >= 11 is 1.92. The molecule has 1 amide bonds. The number of hydrogen-bond donors (Lipinski definition) is 1. The SMILES string of the molecule is COCCN(C(=O)c1ccccc1CCN)C1CCSC1. The first-order valence-electron chi connectivity index (χ1n) is 7.43. The molecule has 0 saturated carbocycles. The first-order valence-corrected chi connectivity index (χ1v) is 8.59. The van der Waals surface area contributed by atoms with Gasteiger partial charge >= 0.3 is 0 Å². The van der Waals surface area contributed by atoms with Crippen molar-refractivity contribution in [2.45, 2.75) is 18.9 Å². The third-order valence-electron chi connectivity index (χ3n) is 3.81. The number of rotatable bonds is 7. The molecular weight excluding hydrogens is 284 g/mol. The molecule has 2 rings (SSSR count). The van der Waals surface area contributed by atoms with Gasteiger partial charge in [-0.2, -0.15) is 11.8 Å². The molecule has 21 heavy (non-hydrogen) atoms. The number of nitrogens with two attached hydrogens (primary N) is 1. The Labute approximate surface area is 131 Å². The summed E-state index contributed by atoms with van der Waals surface area (Å²) in [7, 11) is 1.68. The van der Waals surface area contributed by atoms with Crippen molar-refractivity contribution in [1.82, 2.24) is 4.90 Å². The lowest BCUT2D eigenvalue weighted by atomic mass is 10.0. The van der Waals surface area contributed by atoms with Crippen molar-refractivity contribution < 1.29 is 9.53 Å². The van der Waals surface area contributed by atoms with E-state index < -0.39 is 0 Å². The van der Waals surface area contributed by atoms with E-state index in [4.69, 9.17) is 10.5 Å². The molecule has 1 unspecified atom stereocenters. The largest absolute Gasteiger partial charge is 0.383 e. The van der Waals surface area contributed by atoms with Crippen molar-refractivity contribution in [1.29, 1.82) is 0 Å². The van der Waals surface area contributed by atoms with Crippen LogP contribution in [0.2, 0.25) is 0 Å². The molecule has 1 aromatic carbocycles. The summed E-state index contributed by atoms with van der Waals surface area (Å²) in [6, 6.07) is 8.12. The Bertz CT molecular complexity index is 461. The van der Waals surface area contributed by atoms with Gasteiger partial charge in [-0.05, 0) is 36.8 Å². The number of ether oxygens (including phenoxy) is 1. The minimum absolute atomic E-state index is 0.114. The topological polar surface area (TPSA) is 55.6 Å². The summed E-state index contributed by atoms with van der Waals surface area (Å²) in [5.41, 5.74) is 7.49. The lowest BCUT2D eigenvalue weighted by Gasteiger charge is -2.29. The molecule has 0 spiro atoms. The van der Waals surface area contributed by atoms with Crippen LogP contribution in [0.3, 0.4) is 0 Å². The molecule has 2 N–H and O–H groups in total. The number of hydrogen-bond acceptors (Lipinski definition) is 4. The maximum absolute atomic E-state index is 13.0. The standard InChI is InChI=1S/C16H24N2O2S/c1-20-10-9-18(14-7-11-21-12-14)16(19)15-5-3-2-4-13(15)6-8-17/h2-5,14H,6-12,17H2,1H3. The Morgan fingerprint density at radius 2 is 2.29 bits per heavy atom. The first-order chi connectivity index (χ1) is 10.3. The minimum atomic E-state index is 0.114. The molecule has 1 fully saturated rings. The highest BCUT2D eigenvalue weighted by molar-refractivity contribution is 7.99. The molecule has 1 aromatic rings. The molecule has 0 aromatic heterocycles. The number of carbonyl (C=O) groups is 1. The number of amides is 1. The highest BCUT2D eigenvalue weighted by atomic mass is 32.2. The molecule has 0 bridgehead atoms. The molecule has 0 aliphatic carbocycles. The van der Waals surface area contributed by atoms with Gasteiger partial charge in [0.05, 0.1) is 6.61 Å². The van der Waals surface area contributed by atoms with Crippen LogP contribution in [0, 0.1) is 0 Å². The van der Waals surface area contributed by atoms with Crippen molar-refractivity contribution >= 4 is 17.7 Å². The van der Waals surface area contributed by atoms with Crippen molar-refractivity contribution in [3.05, 3.63) is 35.4 Å². The van der Waals surface area contributed by atoms with Crippen LogP contribution < -0.4 is 5.73 Å². The Kier molecular flexibility index (Phi) is 6.54. The van der Waals surface area contributed by atoms with Gasteiger partial charge in [-0.15, -0.1) is 0 Å². The summed E-state index contributed by atoms with van der Waals surface area (Å²) in [6.07, 6.45) is 1.80. The lowest BCUT2D eigenvalue weighted by Crippen LogP contribution is -2.42. The van der Waals surface area contributed by atoms with Crippen molar-refractivity contribution in [3.8, 4) is 0 Å². The molecule has 1 heterocycles. The predicted molar refractivity (Wildman–Crippen MR) is 87.8 cm³/mol. The van der Waals surface area contributed by atoms with Crippen molar-refractivity contribution in [2.75, 3.05) is 38.3 Å². The van der Waals surface area contributed by atoms with Gasteiger partial charge in [0.1, 0.15) is 0 Å². The molecule has 1 atom stereocenters. The number of nitrogens with zero attached hydrogens (tertiary/aromatic N) is 1. The van der Waals surface area contributed by atoms with Crippen LogP contribution in [0.25, 0.3) is 0 Å². The average molecular weight is 308 g/mol. The number of benzene rings is 1. The molecule has 0 radical (unpaired) electrons. The van der Waals surface area contributed by atoms with Crippen molar-refractivity contribution in [3.63, 3.8) is 0 Å². The fourth-order valence-corrected chi connectivity index (χ4v) is 3.89. The van der Waals surface area contributed by atoms with E-state index in [0.717, 1.165) is 35.5 Å². The van der Waals surface area contributed by atoms with Gasteiger partial charge in [-0.25, -0.2) is 0 Å². The van der Waals surface area contributed by atoms with E-state index in [1.807, 2.05) is 40.9 Å². The third kappa shape index (κ3) is 4.22. The summed E-state index contributed by atoms with van der Waals surface area (Å²) in [6.45, 7) is 1.78. The molecule has 1 aliphatic rings. The van der Waals surface area contributed by atoms with Crippen LogP contribution in [0.5, 0.6) is 0 Å². The zero-order valence-corrected chi connectivity index (χ0v) is 13.4. The molecule has 5 heteroatoms. The van der Waals surface area contributed by atoms with Gasteiger partial charge < -0.3 is 15.4 Å². The summed E-state index contributed by atoms with van der Waals surface area (Å²) < 4.78 is 5.17. The smallest absolute Gasteiger partial charge is 0.254 e. The Balaban J connectivity index is 2.20. The maximum Gasteiger partial charge on any atom is 0.254 e. The normalized spacial score (nSPS) is 17.9. The van der Waals surface area contributed by atoms with Gasteiger partial charge in [-0.1, -0.05) is 18.2 Å². The fraction of sp³-hybridized carbons (Fsp3) is 0.562. The highest BCUT2D eigenvalue weighted by Gasteiger charge is 2.28. The molecule has 4 nitrogen and oxygen atoms in total. The lowest BCUT2D eigenvalue weighted by molar-refractivity contribution is 0.0623. The minimum Gasteiger partial charge on any atom is -0.383 e. The number of methoxy groups -OCH3 is 1. The van der Waals surface area contributed by atoms with Crippen LogP contribution in [-0.4, -0.2) is 55.2 Å². The van der Waals surface area contributed by atoms with Gasteiger partial charge in [0, 0.05) is 31.0 Å². The van der Waals surface area contributed by atoms with E-state index in [0.29, 0.717) is 25.7 Å². The highest BCUT2D eigenvalue weighted by Crippen LogP contribution is 2.24. The molecule has 116 valence electrons. The van der Waals surface area contributed by atoms with E-state index >= 15 is 0 Å². The Morgan fingerprint density at radius 1 is 1.48 bits per heavy atom. The van der Waals surface area contributed by atoms with Crippen LogP contribution in [0.1, 0.15) is 22.3 Å². The monoisotopic (exact) mass is 308 g/mol. The zero-order valence-electron chi connectivity index (χ0n) is 12.6. The maximum atomic E-state index is 13.0. The molecular formula is C16H24N2O2S. The Morgan fingerprint density at radius 3 is 2.95 bits per heavy atom. The zero-order chi connectivity index (χ0) is 15.1. The molecule has 1 saturated heterocycles. The number of carbonyl (C=O) groups excluding carboxylic acids is 1. The summed E-state index contributed by atoms with van der Waals surface area (Å²) in [5, 5.41) is 0. The van der Waals surface area contributed by atoms with Gasteiger partial charge in [0.25, 0.3) is 5.91 Å². The average Bonchev–Trinajstić information content (AvgIpc) is 3.02. The second-order valence-corrected chi connectivity index (χ2v) is 6.35.